The highest BCUT2D eigenvalue weighted by molar-refractivity contribution is 7.89. The number of benzene rings is 2. The molecule has 0 saturated heterocycles. The Bertz CT molecular complexity index is 1200. The summed E-state index contributed by atoms with van der Waals surface area (Å²) in [6, 6.07) is 17.4. The van der Waals surface area contributed by atoms with Crippen molar-refractivity contribution in [3.8, 4) is 0 Å². The van der Waals surface area contributed by atoms with E-state index in [-0.39, 0.29) is 10.8 Å². The molecular weight excluding hydrogens is 426 g/mol. The SMILES string of the molecule is O=C(Nc1nc2ccccc2s1)c1ccc(S(=O)(=O)NCCc2cccs2)cc1. The average molecular weight is 444 g/mol. The number of hydrogen-bond acceptors (Lipinski definition) is 6. The average Bonchev–Trinajstić information content (AvgIpc) is 3.37. The standard InChI is InChI=1S/C20H17N3O3S3/c24-19(23-20-22-17-5-1-2-6-18(17)28-20)14-7-9-16(10-8-14)29(25,26)21-12-11-15-4-3-13-27-15/h1-10,13,21H,11-12H2,(H,22,23,24). The molecule has 2 N–H and O–H groups in total. The lowest BCUT2D eigenvalue weighted by atomic mass is 10.2. The molecule has 0 atom stereocenters. The van der Waals surface area contributed by atoms with E-state index in [0.717, 1.165) is 15.1 Å². The van der Waals surface area contributed by atoms with E-state index in [4.69, 9.17) is 0 Å². The fourth-order valence-electron chi connectivity index (χ4n) is 2.73. The van der Waals surface area contributed by atoms with Gasteiger partial charge < -0.3 is 0 Å². The minimum Gasteiger partial charge on any atom is -0.298 e. The maximum atomic E-state index is 12.4. The van der Waals surface area contributed by atoms with Crippen molar-refractivity contribution < 1.29 is 13.2 Å². The van der Waals surface area contributed by atoms with Crippen LogP contribution < -0.4 is 10.0 Å². The summed E-state index contributed by atoms with van der Waals surface area (Å²) in [5.41, 5.74) is 1.18. The lowest BCUT2D eigenvalue weighted by Crippen LogP contribution is -2.26. The van der Waals surface area contributed by atoms with E-state index in [0.29, 0.717) is 23.7 Å². The summed E-state index contributed by atoms with van der Waals surface area (Å²) in [7, 11) is -3.62. The van der Waals surface area contributed by atoms with Crippen LogP contribution in [0.2, 0.25) is 0 Å². The summed E-state index contributed by atoms with van der Waals surface area (Å²) in [5, 5.41) is 5.22. The summed E-state index contributed by atoms with van der Waals surface area (Å²) in [6.45, 7) is 0.322. The number of fused-ring (bicyclic) bond motifs is 1. The van der Waals surface area contributed by atoms with Crippen molar-refractivity contribution in [2.45, 2.75) is 11.3 Å². The lowest BCUT2D eigenvalue weighted by molar-refractivity contribution is 0.102. The molecule has 0 fully saturated rings. The van der Waals surface area contributed by atoms with E-state index in [1.165, 1.54) is 35.6 Å². The van der Waals surface area contributed by atoms with Crippen LogP contribution in [-0.2, 0) is 16.4 Å². The van der Waals surface area contributed by atoms with E-state index in [2.05, 4.69) is 15.0 Å². The number of nitrogens with one attached hydrogen (secondary N) is 2. The predicted molar refractivity (Wildman–Crippen MR) is 117 cm³/mol. The fourth-order valence-corrected chi connectivity index (χ4v) is 5.33. The highest BCUT2D eigenvalue weighted by Gasteiger charge is 2.15. The van der Waals surface area contributed by atoms with E-state index in [1.807, 2.05) is 41.8 Å². The number of aromatic nitrogens is 1. The zero-order valence-corrected chi connectivity index (χ0v) is 17.6. The third-order valence-electron chi connectivity index (χ3n) is 4.18. The van der Waals surface area contributed by atoms with Crippen LogP contribution in [0.15, 0.2) is 70.9 Å². The largest absolute Gasteiger partial charge is 0.298 e. The van der Waals surface area contributed by atoms with E-state index < -0.39 is 10.0 Å². The Balaban J connectivity index is 1.40. The molecule has 4 aromatic rings. The molecule has 0 unspecified atom stereocenters. The van der Waals surface area contributed by atoms with E-state index >= 15 is 0 Å². The quantitative estimate of drug-likeness (QED) is 0.450. The molecule has 2 aromatic carbocycles. The second-order valence-electron chi connectivity index (χ2n) is 6.19. The van der Waals surface area contributed by atoms with Crippen LogP contribution in [0.3, 0.4) is 0 Å². The molecule has 2 aromatic heterocycles. The monoisotopic (exact) mass is 443 g/mol. The zero-order chi connectivity index (χ0) is 20.3. The van der Waals surface area contributed by atoms with Crippen LogP contribution in [0.4, 0.5) is 5.13 Å². The number of nitrogens with zero attached hydrogens (tertiary/aromatic N) is 1. The molecule has 148 valence electrons. The Morgan fingerprint density at radius 2 is 1.79 bits per heavy atom. The molecule has 1 amide bonds. The van der Waals surface area contributed by atoms with Gasteiger partial charge in [-0.05, 0) is 54.3 Å². The van der Waals surface area contributed by atoms with Gasteiger partial charge in [0.1, 0.15) is 0 Å². The molecule has 0 aliphatic heterocycles. The number of carbonyl (C=O) groups is 1. The molecule has 0 aliphatic rings. The molecule has 0 bridgehead atoms. The van der Waals surface area contributed by atoms with Crippen molar-refractivity contribution in [3.63, 3.8) is 0 Å². The third kappa shape index (κ3) is 4.70. The van der Waals surface area contributed by atoms with Gasteiger partial charge >= 0.3 is 0 Å². The maximum absolute atomic E-state index is 12.4. The second-order valence-corrected chi connectivity index (χ2v) is 10.0. The minimum atomic E-state index is -3.62. The number of carbonyl (C=O) groups excluding carboxylic acids is 1. The molecular formula is C20H17N3O3S3. The second kappa shape index (κ2) is 8.42. The van der Waals surface area contributed by atoms with Gasteiger partial charge in [-0.2, -0.15) is 0 Å². The Morgan fingerprint density at radius 1 is 1.00 bits per heavy atom. The highest BCUT2D eigenvalue weighted by atomic mass is 32.2. The van der Waals surface area contributed by atoms with Gasteiger partial charge in [0.2, 0.25) is 10.0 Å². The number of rotatable bonds is 7. The normalized spacial score (nSPS) is 11.6. The van der Waals surface area contributed by atoms with Gasteiger partial charge in [-0.3, -0.25) is 10.1 Å². The molecule has 0 saturated carbocycles. The van der Waals surface area contributed by atoms with Crippen molar-refractivity contribution in [3.05, 3.63) is 76.5 Å². The third-order valence-corrected chi connectivity index (χ3v) is 7.55. The molecule has 6 nitrogen and oxygen atoms in total. The van der Waals surface area contributed by atoms with Gasteiger partial charge in [-0.1, -0.05) is 29.5 Å². The lowest BCUT2D eigenvalue weighted by Gasteiger charge is -2.07. The summed E-state index contributed by atoms with van der Waals surface area (Å²) >= 11 is 2.98. The molecule has 0 aliphatic carbocycles. The Kier molecular flexibility index (Phi) is 5.72. The molecule has 29 heavy (non-hydrogen) atoms. The van der Waals surface area contributed by atoms with Gasteiger partial charge in [-0.15, -0.1) is 11.3 Å². The fraction of sp³-hybridized carbons (Fsp3) is 0.100. The van der Waals surface area contributed by atoms with Crippen molar-refractivity contribution in [1.82, 2.24) is 9.71 Å². The van der Waals surface area contributed by atoms with E-state index in [9.17, 15) is 13.2 Å². The van der Waals surface area contributed by atoms with Crippen molar-refractivity contribution in [2.24, 2.45) is 0 Å². The first-order valence-electron chi connectivity index (χ1n) is 8.80. The van der Waals surface area contributed by atoms with Crippen LogP contribution in [0.25, 0.3) is 10.2 Å². The Labute approximate surface area is 176 Å². The minimum absolute atomic E-state index is 0.125. The van der Waals surface area contributed by atoms with Gasteiger partial charge in [0.05, 0.1) is 15.1 Å². The summed E-state index contributed by atoms with van der Waals surface area (Å²) < 4.78 is 28.4. The van der Waals surface area contributed by atoms with Crippen LogP contribution in [0.5, 0.6) is 0 Å². The van der Waals surface area contributed by atoms with Crippen molar-refractivity contribution >= 4 is 54.0 Å². The first-order valence-corrected chi connectivity index (χ1v) is 12.0. The Hall–Kier alpha value is -2.59. The topological polar surface area (TPSA) is 88.2 Å². The molecule has 0 spiro atoms. The van der Waals surface area contributed by atoms with Gasteiger partial charge in [0, 0.05) is 17.0 Å². The Morgan fingerprint density at radius 3 is 2.52 bits per heavy atom. The first-order chi connectivity index (χ1) is 14.0. The van der Waals surface area contributed by atoms with Gasteiger partial charge in [0.25, 0.3) is 5.91 Å². The molecule has 2 heterocycles. The number of hydrogen-bond donors (Lipinski definition) is 2. The van der Waals surface area contributed by atoms with Crippen LogP contribution in [0, 0.1) is 0 Å². The number of thiophene rings is 1. The zero-order valence-electron chi connectivity index (χ0n) is 15.2. The first kappa shape index (κ1) is 19.7. The number of para-hydroxylation sites is 1. The smallest absolute Gasteiger partial charge is 0.257 e. The highest BCUT2D eigenvalue weighted by Crippen LogP contribution is 2.25. The van der Waals surface area contributed by atoms with Crippen molar-refractivity contribution in [2.75, 3.05) is 11.9 Å². The molecule has 4 rings (SSSR count). The number of thiazole rings is 1. The summed E-state index contributed by atoms with van der Waals surface area (Å²) in [5.74, 6) is -0.335. The summed E-state index contributed by atoms with van der Waals surface area (Å²) in [6.07, 6.45) is 0.638. The maximum Gasteiger partial charge on any atom is 0.257 e. The number of sulfonamides is 1. The van der Waals surface area contributed by atoms with Crippen LogP contribution in [0.1, 0.15) is 15.2 Å². The molecule has 9 heteroatoms. The summed E-state index contributed by atoms with van der Waals surface area (Å²) in [4.78, 5) is 18.1. The van der Waals surface area contributed by atoms with Crippen LogP contribution >= 0.6 is 22.7 Å². The number of amides is 1. The van der Waals surface area contributed by atoms with E-state index in [1.54, 1.807) is 11.3 Å². The van der Waals surface area contributed by atoms with Gasteiger partial charge in [-0.25, -0.2) is 18.1 Å². The van der Waals surface area contributed by atoms with Crippen LogP contribution in [-0.4, -0.2) is 25.9 Å². The number of anilines is 1. The van der Waals surface area contributed by atoms with Gasteiger partial charge in [0.15, 0.2) is 5.13 Å². The molecule has 0 radical (unpaired) electrons. The predicted octanol–water partition coefficient (Wildman–Crippen LogP) is 4.13. The van der Waals surface area contributed by atoms with Crippen molar-refractivity contribution in [1.29, 1.82) is 0 Å².